The lowest BCUT2D eigenvalue weighted by molar-refractivity contribution is -0.385. The van der Waals surface area contributed by atoms with Crippen LogP contribution >= 0.6 is 11.6 Å². The lowest BCUT2D eigenvalue weighted by atomic mass is 9.96. The predicted octanol–water partition coefficient (Wildman–Crippen LogP) is 7.83. The van der Waals surface area contributed by atoms with Crippen LogP contribution in [0.25, 0.3) is 33.2 Å². The van der Waals surface area contributed by atoms with E-state index in [9.17, 15) is 24.5 Å². The number of ether oxygens (including phenoxy) is 3. The van der Waals surface area contributed by atoms with Gasteiger partial charge >= 0.3 is 6.09 Å². The molecular weight excluding hydrogens is 714 g/mol. The number of hydrogen-bond acceptors (Lipinski definition) is 9. The van der Waals surface area contributed by atoms with Crippen LogP contribution in [0.15, 0.2) is 72.9 Å². The van der Waals surface area contributed by atoms with Crippen LogP contribution in [0.5, 0.6) is 11.5 Å². The number of halogens is 1. The first-order chi connectivity index (χ1) is 25.8. The van der Waals surface area contributed by atoms with Crippen LogP contribution in [0, 0.1) is 10.1 Å². The highest BCUT2D eigenvalue weighted by molar-refractivity contribution is 6.36. The molecule has 6 rings (SSSR count). The fourth-order valence-corrected chi connectivity index (χ4v) is 6.98. The molecule has 1 fully saturated rings. The summed E-state index contributed by atoms with van der Waals surface area (Å²) in [5, 5.41) is 20.7. The van der Waals surface area contributed by atoms with Crippen molar-refractivity contribution in [1.82, 2.24) is 20.0 Å². The number of nitro benzene ring substituents is 1. The number of hydrogen-bond donors (Lipinski definition) is 1. The molecular formula is C40H40ClN5O8. The average Bonchev–Trinajstić information content (AvgIpc) is 3.75. The lowest BCUT2D eigenvalue weighted by Gasteiger charge is -2.29. The van der Waals surface area contributed by atoms with Crippen molar-refractivity contribution in [2.45, 2.75) is 58.3 Å². The van der Waals surface area contributed by atoms with E-state index < -0.39 is 16.6 Å². The van der Waals surface area contributed by atoms with Gasteiger partial charge in [-0.1, -0.05) is 54.1 Å². The van der Waals surface area contributed by atoms with Gasteiger partial charge in [-0.05, 0) is 56.5 Å². The van der Waals surface area contributed by atoms with Gasteiger partial charge in [0.2, 0.25) is 5.91 Å². The van der Waals surface area contributed by atoms with Gasteiger partial charge in [-0.2, -0.15) is 5.10 Å². The van der Waals surface area contributed by atoms with Crippen LogP contribution in [0.3, 0.4) is 0 Å². The monoisotopic (exact) mass is 753 g/mol. The van der Waals surface area contributed by atoms with Crippen molar-refractivity contribution in [1.29, 1.82) is 0 Å². The molecule has 0 radical (unpaired) electrons. The number of amides is 2. The molecule has 13 nitrogen and oxygen atoms in total. The first-order valence-electron chi connectivity index (χ1n) is 17.3. The second-order valence-electron chi connectivity index (χ2n) is 14.0. The molecule has 1 aliphatic heterocycles. The quantitative estimate of drug-likeness (QED) is 0.0763. The Bertz CT molecular complexity index is 2260. The second-order valence-corrected chi connectivity index (χ2v) is 14.4. The van der Waals surface area contributed by atoms with E-state index in [1.807, 2.05) is 75.4 Å². The second kappa shape index (κ2) is 15.6. The Kier molecular flexibility index (Phi) is 10.9. The smallest absolute Gasteiger partial charge is 0.410 e. The van der Waals surface area contributed by atoms with E-state index in [2.05, 4.69) is 10.4 Å². The van der Waals surface area contributed by atoms with Crippen LogP contribution in [0.4, 0.5) is 10.5 Å². The van der Waals surface area contributed by atoms with Crippen LogP contribution in [-0.2, 0) is 22.6 Å². The van der Waals surface area contributed by atoms with E-state index in [0.717, 1.165) is 38.7 Å². The van der Waals surface area contributed by atoms with Crippen LogP contribution in [-0.4, -0.2) is 70.3 Å². The maximum atomic E-state index is 13.3. The summed E-state index contributed by atoms with van der Waals surface area (Å²) in [4.78, 5) is 49.7. The number of aldehydes is 1. The number of benzene rings is 4. The first-order valence-corrected chi connectivity index (χ1v) is 17.7. The summed E-state index contributed by atoms with van der Waals surface area (Å²) in [6, 6.07) is 19.6. The number of carbonyl (C=O) groups is 3. The molecule has 54 heavy (non-hydrogen) atoms. The molecule has 2 heterocycles. The SMILES string of the molecule is COc1cc(Cn2ncc3c(-c4cccc(-c5ccc(CN(C[C@@H]6CCC(=O)N6)C(=O)OC(C)(C)C)c(OC)c5)c4Cl)cccc32)c([N+](=O)[O-])cc1C=O. The molecule has 280 valence electrons. The zero-order valence-corrected chi connectivity index (χ0v) is 31.3. The Morgan fingerprint density at radius 3 is 2.43 bits per heavy atom. The van der Waals surface area contributed by atoms with Crippen molar-refractivity contribution < 1.29 is 33.5 Å². The summed E-state index contributed by atoms with van der Waals surface area (Å²) in [5.74, 6) is 0.744. The molecule has 0 spiro atoms. The zero-order valence-electron chi connectivity index (χ0n) is 30.6. The largest absolute Gasteiger partial charge is 0.496 e. The molecule has 0 bridgehead atoms. The van der Waals surface area contributed by atoms with E-state index in [0.29, 0.717) is 42.0 Å². The summed E-state index contributed by atoms with van der Waals surface area (Å²) >= 11 is 7.17. The van der Waals surface area contributed by atoms with Gasteiger partial charge in [0.25, 0.3) is 5.69 Å². The molecule has 4 aromatic carbocycles. The third kappa shape index (κ3) is 8.01. The van der Waals surface area contributed by atoms with Gasteiger partial charge in [0.1, 0.15) is 17.1 Å². The summed E-state index contributed by atoms with van der Waals surface area (Å²) < 4.78 is 18.5. The molecule has 1 N–H and O–H groups in total. The summed E-state index contributed by atoms with van der Waals surface area (Å²) in [5.41, 5.74) is 4.07. The fraction of sp³-hybridized carbons (Fsp3) is 0.300. The van der Waals surface area contributed by atoms with Crippen molar-refractivity contribution in [2.75, 3.05) is 20.8 Å². The Morgan fingerprint density at radius 1 is 1.04 bits per heavy atom. The lowest BCUT2D eigenvalue weighted by Crippen LogP contribution is -2.43. The van der Waals surface area contributed by atoms with Crippen molar-refractivity contribution in [2.24, 2.45) is 0 Å². The number of methoxy groups -OCH3 is 2. The summed E-state index contributed by atoms with van der Waals surface area (Å²) in [7, 11) is 2.96. The van der Waals surface area contributed by atoms with Gasteiger partial charge in [-0.15, -0.1) is 0 Å². The van der Waals surface area contributed by atoms with E-state index in [1.165, 1.54) is 19.2 Å². The normalized spacial score (nSPS) is 14.1. The highest BCUT2D eigenvalue weighted by Gasteiger charge is 2.29. The van der Waals surface area contributed by atoms with E-state index in [4.69, 9.17) is 25.8 Å². The standard InChI is InChI=1S/C40H40ClN5O8/c1-40(2,3)54-39(49)44(22-28-14-15-37(48)43-28)20-25-13-12-24(17-35(25)52-4)29-8-6-10-31(38(29)41)30-9-7-11-33-32(30)19-42-45(33)21-26-18-36(53-5)27(23-47)16-34(26)46(50)51/h6-13,16-19,23,28H,14-15,20-22H2,1-5H3,(H,43,48)/t28-/m0/s1. The number of aromatic nitrogens is 2. The predicted molar refractivity (Wildman–Crippen MR) is 204 cm³/mol. The molecule has 0 aliphatic carbocycles. The Balaban J connectivity index is 1.31. The van der Waals surface area contributed by atoms with Gasteiger partial charge in [0.15, 0.2) is 6.29 Å². The molecule has 2 amide bonds. The minimum absolute atomic E-state index is 0.0372. The number of rotatable bonds is 12. The maximum absolute atomic E-state index is 13.3. The molecule has 1 atom stereocenters. The third-order valence-electron chi connectivity index (χ3n) is 9.19. The van der Waals surface area contributed by atoms with E-state index >= 15 is 0 Å². The Hall–Kier alpha value is -5.95. The van der Waals surface area contributed by atoms with Crippen molar-refractivity contribution in [3.05, 3.63) is 105 Å². The maximum Gasteiger partial charge on any atom is 0.410 e. The zero-order chi connectivity index (χ0) is 38.7. The van der Waals surface area contributed by atoms with Crippen molar-refractivity contribution >= 4 is 46.5 Å². The molecule has 1 aliphatic rings. The van der Waals surface area contributed by atoms with E-state index in [1.54, 1.807) is 22.9 Å². The minimum Gasteiger partial charge on any atom is -0.496 e. The topological polar surface area (TPSA) is 155 Å². The summed E-state index contributed by atoms with van der Waals surface area (Å²) in [6.45, 7) is 5.97. The number of fused-ring (bicyclic) bond motifs is 1. The van der Waals surface area contributed by atoms with Gasteiger partial charge in [-0.3, -0.25) is 24.4 Å². The number of nitro groups is 1. The van der Waals surface area contributed by atoms with Crippen LogP contribution < -0.4 is 14.8 Å². The number of carbonyl (C=O) groups excluding carboxylic acids is 3. The number of nitrogens with zero attached hydrogens (tertiary/aromatic N) is 4. The number of nitrogens with one attached hydrogen (secondary N) is 1. The van der Waals surface area contributed by atoms with Crippen molar-refractivity contribution in [3.63, 3.8) is 0 Å². The molecule has 5 aromatic rings. The van der Waals surface area contributed by atoms with Gasteiger partial charge in [-0.25, -0.2) is 4.79 Å². The molecule has 14 heteroatoms. The highest BCUT2D eigenvalue weighted by Crippen LogP contribution is 2.41. The Labute approximate surface area is 316 Å². The first kappa shape index (κ1) is 37.8. The van der Waals surface area contributed by atoms with Crippen LogP contribution in [0.1, 0.15) is 55.1 Å². The molecule has 0 saturated carbocycles. The average molecular weight is 754 g/mol. The molecule has 1 saturated heterocycles. The van der Waals surface area contributed by atoms with Gasteiger partial charge in [0.05, 0.1) is 60.1 Å². The highest BCUT2D eigenvalue weighted by atomic mass is 35.5. The van der Waals surface area contributed by atoms with E-state index in [-0.39, 0.29) is 42.0 Å². The molecule has 1 aromatic heterocycles. The van der Waals surface area contributed by atoms with Crippen LogP contribution in [0.2, 0.25) is 5.02 Å². The summed E-state index contributed by atoms with van der Waals surface area (Å²) in [6.07, 6.45) is 2.78. The fourth-order valence-electron chi connectivity index (χ4n) is 6.64. The minimum atomic E-state index is -0.702. The van der Waals surface area contributed by atoms with Gasteiger partial charge < -0.3 is 24.4 Å². The van der Waals surface area contributed by atoms with Crippen molar-refractivity contribution in [3.8, 4) is 33.8 Å². The van der Waals surface area contributed by atoms with Gasteiger partial charge in [0, 0.05) is 47.2 Å². The Morgan fingerprint density at radius 2 is 1.76 bits per heavy atom. The molecule has 0 unspecified atom stereocenters. The third-order valence-corrected chi connectivity index (χ3v) is 9.59.